The first-order chi connectivity index (χ1) is 11.5. The molecule has 0 spiro atoms. The van der Waals surface area contributed by atoms with Crippen LogP contribution in [0.15, 0.2) is 42.7 Å². The molecule has 0 atom stereocenters. The summed E-state index contributed by atoms with van der Waals surface area (Å²) in [6.07, 6.45) is 3.13. The fourth-order valence-electron chi connectivity index (χ4n) is 2.52. The highest BCUT2D eigenvalue weighted by Gasteiger charge is 2.11. The standard InChI is InChI=1S/C19H25N3O2/c1-4-22(14(2)3)12-15-5-7-16(8-6-15)19(24)21-18-11-20-10-9-17(18)13-23/h5-11,14,23H,4,12-13H2,1-3H3,(H,21,24). The number of aliphatic hydroxyl groups excluding tert-OH is 1. The van der Waals surface area contributed by atoms with Crippen LogP contribution in [0.25, 0.3) is 0 Å². The van der Waals surface area contributed by atoms with E-state index in [1.54, 1.807) is 18.5 Å². The molecule has 0 aliphatic heterocycles. The Kier molecular flexibility index (Phi) is 6.46. The number of anilines is 1. The maximum absolute atomic E-state index is 12.3. The molecule has 0 unspecified atom stereocenters. The molecule has 0 bridgehead atoms. The lowest BCUT2D eigenvalue weighted by Crippen LogP contribution is -2.29. The van der Waals surface area contributed by atoms with Gasteiger partial charge in [0.2, 0.25) is 0 Å². The minimum absolute atomic E-state index is 0.140. The zero-order valence-electron chi connectivity index (χ0n) is 14.5. The number of hydrogen-bond acceptors (Lipinski definition) is 4. The second kappa shape index (κ2) is 8.57. The van der Waals surface area contributed by atoms with Crippen LogP contribution >= 0.6 is 0 Å². The van der Waals surface area contributed by atoms with E-state index in [0.717, 1.165) is 13.1 Å². The second-order valence-corrected chi connectivity index (χ2v) is 6.00. The molecule has 24 heavy (non-hydrogen) atoms. The van der Waals surface area contributed by atoms with Crippen molar-refractivity contribution in [1.29, 1.82) is 0 Å². The van der Waals surface area contributed by atoms with Crippen molar-refractivity contribution in [1.82, 2.24) is 9.88 Å². The van der Waals surface area contributed by atoms with Crippen LogP contribution in [0, 0.1) is 0 Å². The Hall–Kier alpha value is -2.24. The maximum Gasteiger partial charge on any atom is 0.255 e. The zero-order valence-corrected chi connectivity index (χ0v) is 14.5. The van der Waals surface area contributed by atoms with E-state index in [0.29, 0.717) is 22.9 Å². The smallest absolute Gasteiger partial charge is 0.255 e. The number of aromatic nitrogens is 1. The van der Waals surface area contributed by atoms with Crippen LogP contribution in [0.4, 0.5) is 5.69 Å². The SMILES string of the molecule is CCN(Cc1ccc(C(=O)Nc2cnccc2CO)cc1)C(C)C. The first-order valence-electron chi connectivity index (χ1n) is 8.23. The average molecular weight is 327 g/mol. The Labute approximate surface area is 143 Å². The number of carbonyl (C=O) groups excluding carboxylic acids is 1. The van der Waals surface area contributed by atoms with Crippen molar-refractivity contribution in [2.45, 2.75) is 40.0 Å². The highest BCUT2D eigenvalue weighted by atomic mass is 16.3. The van der Waals surface area contributed by atoms with Crippen LogP contribution in [-0.4, -0.2) is 33.5 Å². The summed E-state index contributed by atoms with van der Waals surface area (Å²) in [4.78, 5) is 18.7. The molecule has 0 saturated carbocycles. The monoisotopic (exact) mass is 327 g/mol. The number of amides is 1. The molecule has 2 N–H and O–H groups in total. The molecule has 1 amide bonds. The van der Waals surface area contributed by atoms with Gasteiger partial charge in [0.05, 0.1) is 18.5 Å². The number of carbonyl (C=O) groups is 1. The summed E-state index contributed by atoms with van der Waals surface area (Å²) in [7, 11) is 0. The topological polar surface area (TPSA) is 65.5 Å². The predicted octanol–water partition coefficient (Wildman–Crippen LogP) is 3.06. The van der Waals surface area contributed by atoms with Gasteiger partial charge in [0.25, 0.3) is 5.91 Å². The predicted molar refractivity (Wildman–Crippen MR) is 95.8 cm³/mol. The molecule has 1 heterocycles. The third kappa shape index (κ3) is 4.63. The lowest BCUT2D eigenvalue weighted by atomic mass is 10.1. The van der Waals surface area contributed by atoms with Crippen molar-refractivity contribution in [2.75, 3.05) is 11.9 Å². The Morgan fingerprint density at radius 1 is 1.25 bits per heavy atom. The van der Waals surface area contributed by atoms with Crippen molar-refractivity contribution >= 4 is 11.6 Å². The number of hydrogen-bond donors (Lipinski definition) is 2. The number of benzene rings is 1. The van der Waals surface area contributed by atoms with Crippen molar-refractivity contribution in [3.05, 3.63) is 59.4 Å². The molecule has 0 fully saturated rings. The Balaban J connectivity index is 2.06. The fraction of sp³-hybridized carbons (Fsp3) is 0.368. The van der Waals surface area contributed by atoms with Crippen LogP contribution < -0.4 is 5.32 Å². The Morgan fingerprint density at radius 3 is 2.54 bits per heavy atom. The summed E-state index contributed by atoms with van der Waals surface area (Å²) < 4.78 is 0. The number of pyridine rings is 1. The molecule has 0 radical (unpaired) electrons. The van der Waals surface area contributed by atoms with Crippen LogP contribution in [0.2, 0.25) is 0 Å². The third-order valence-corrected chi connectivity index (χ3v) is 4.07. The van der Waals surface area contributed by atoms with E-state index in [1.165, 1.54) is 5.56 Å². The minimum Gasteiger partial charge on any atom is -0.392 e. The van der Waals surface area contributed by atoms with Gasteiger partial charge in [-0.15, -0.1) is 0 Å². The van der Waals surface area contributed by atoms with Gasteiger partial charge < -0.3 is 10.4 Å². The van der Waals surface area contributed by atoms with Crippen LogP contribution in [0.5, 0.6) is 0 Å². The van der Waals surface area contributed by atoms with Gasteiger partial charge in [-0.3, -0.25) is 14.7 Å². The molecule has 1 aromatic heterocycles. The summed E-state index contributed by atoms with van der Waals surface area (Å²) in [5.41, 5.74) is 2.94. The molecule has 2 aromatic rings. The van der Waals surface area contributed by atoms with Crippen LogP contribution in [0.3, 0.4) is 0 Å². The van der Waals surface area contributed by atoms with Gasteiger partial charge >= 0.3 is 0 Å². The fourth-order valence-corrected chi connectivity index (χ4v) is 2.52. The summed E-state index contributed by atoms with van der Waals surface area (Å²) in [5.74, 6) is -0.208. The van der Waals surface area contributed by atoms with E-state index in [1.807, 2.05) is 24.3 Å². The Bertz CT molecular complexity index is 669. The van der Waals surface area contributed by atoms with E-state index in [-0.39, 0.29) is 12.5 Å². The van der Waals surface area contributed by atoms with Gasteiger partial charge in [0, 0.05) is 29.9 Å². The normalized spacial score (nSPS) is 11.1. The van der Waals surface area contributed by atoms with E-state index < -0.39 is 0 Å². The molecular formula is C19H25N3O2. The minimum atomic E-state index is -0.208. The highest BCUT2D eigenvalue weighted by molar-refractivity contribution is 6.04. The third-order valence-electron chi connectivity index (χ3n) is 4.07. The van der Waals surface area contributed by atoms with Gasteiger partial charge in [0.1, 0.15) is 0 Å². The molecule has 128 valence electrons. The molecular weight excluding hydrogens is 302 g/mol. The first-order valence-corrected chi connectivity index (χ1v) is 8.23. The highest BCUT2D eigenvalue weighted by Crippen LogP contribution is 2.15. The summed E-state index contributed by atoms with van der Waals surface area (Å²) >= 11 is 0. The van der Waals surface area contributed by atoms with Gasteiger partial charge in [-0.05, 0) is 44.2 Å². The van der Waals surface area contributed by atoms with Gasteiger partial charge in [-0.25, -0.2) is 0 Å². The molecule has 2 rings (SSSR count). The molecule has 5 nitrogen and oxygen atoms in total. The van der Waals surface area contributed by atoms with Gasteiger partial charge in [-0.2, -0.15) is 0 Å². The van der Waals surface area contributed by atoms with Crippen molar-refractivity contribution < 1.29 is 9.90 Å². The quantitative estimate of drug-likeness (QED) is 0.820. The van der Waals surface area contributed by atoms with E-state index in [4.69, 9.17) is 0 Å². The second-order valence-electron chi connectivity index (χ2n) is 6.00. The van der Waals surface area contributed by atoms with Crippen molar-refractivity contribution in [3.63, 3.8) is 0 Å². The van der Waals surface area contributed by atoms with Gasteiger partial charge in [-0.1, -0.05) is 19.1 Å². The lowest BCUT2D eigenvalue weighted by Gasteiger charge is -2.24. The molecule has 1 aromatic carbocycles. The largest absolute Gasteiger partial charge is 0.392 e. The zero-order chi connectivity index (χ0) is 17.5. The van der Waals surface area contributed by atoms with E-state index >= 15 is 0 Å². The maximum atomic E-state index is 12.3. The summed E-state index contributed by atoms with van der Waals surface area (Å²) in [6.45, 7) is 8.22. The summed E-state index contributed by atoms with van der Waals surface area (Å²) in [6, 6.07) is 9.79. The average Bonchev–Trinajstić information content (AvgIpc) is 2.60. The first kappa shape index (κ1) is 18.1. The number of nitrogens with one attached hydrogen (secondary N) is 1. The number of aliphatic hydroxyl groups is 1. The summed E-state index contributed by atoms with van der Waals surface area (Å²) in [5, 5.41) is 12.1. The molecule has 0 saturated heterocycles. The number of nitrogens with zero attached hydrogens (tertiary/aromatic N) is 2. The molecule has 0 aliphatic rings. The molecule has 0 aliphatic carbocycles. The Morgan fingerprint density at radius 2 is 1.96 bits per heavy atom. The van der Waals surface area contributed by atoms with Crippen molar-refractivity contribution in [2.24, 2.45) is 0 Å². The van der Waals surface area contributed by atoms with E-state index in [2.05, 4.69) is 36.0 Å². The van der Waals surface area contributed by atoms with E-state index in [9.17, 15) is 9.90 Å². The number of rotatable bonds is 7. The van der Waals surface area contributed by atoms with Crippen molar-refractivity contribution in [3.8, 4) is 0 Å². The lowest BCUT2D eigenvalue weighted by molar-refractivity contribution is 0.102. The van der Waals surface area contributed by atoms with Crippen LogP contribution in [-0.2, 0) is 13.2 Å². The molecule has 5 heteroatoms. The van der Waals surface area contributed by atoms with Gasteiger partial charge in [0.15, 0.2) is 0 Å². The van der Waals surface area contributed by atoms with Crippen LogP contribution in [0.1, 0.15) is 42.3 Å².